The molecule has 0 aromatic heterocycles. The van der Waals surface area contributed by atoms with Crippen molar-refractivity contribution in [3.8, 4) is 0 Å². The Balaban J connectivity index is -0.000000377. The summed E-state index contributed by atoms with van der Waals surface area (Å²) in [6, 6.07) is 0. The van der Waals surface area contributed by atoms with Crippen molar-refractivity contribution in [2.24, 2.45) is 0 Å². The molecule has 0 spiro atoms. The van der Waals surface area contributed by atoms with Crippen LogP contribution in [0.1, 0.15) is 19.3 Å². The third-order valence-electron chi connectivity index (χ3n) is 2.45. The zero-order valence-electron chi connectivity index (χ0n) is 14.4. The molecule has 0 radical (unpaired) electrons. The number of rotatable bonds is 9. The van der Waals surface area contributed by atoms with E-state index in [1.165, 1.54) is 0 Å². The summed E-state index contributed by atoms with van der Waals surface area (Å²) in [5, 5.41) is 51.3. The Kier molecular flexibility index (Phi) is 13.4. The molecular weight excluding hydrogens is 396 g/mol. The first kappa shape index (κ1) is 28.2. The van der Waals surface area contributed by atoms with Crippen LogP contribution in [0.5, 0.6) is 0 Å². The molecule has 0 aromatic rings. The van der Waals surface area contributed by atoms with Crippen molar-refractivity contribution in [2.45, 2.75) is 31.0 Å². The van der Waals surface area contributed by atoms with E-state index in [1.807, 2.05) is 21.1 Å². The predicted octanol–water partition coefficient (Wildman–Crippen LogP) is -1.72. The van der Waals surface area contributed by atoms with Crippen molar-refractivity contribution < 1.29 is 73.8 Å². The quantitative estimate of drug-likeness (QED) is 0.185. The molecule has 0 saturated heterocycles. The summed E-state index contributed by atoms with van der Waals surface area (Å²) in [4.78, 5) is 40.6. The Morgan fingerprint density at radius 3 is 1.44 bits per heavy atom. The Morgan fingerprint density at radius 2 is 1.24 bits per heavy atom. The zero-order chi connectivity index (χ0) is 19.7. The number of carboxylic acids is 4. The second-order valence-corrected chi connectivity index (χ2v) is 6.20. The maximum Gasteiger partial charge on any atom is 2.00 e. The van der Waals surface area contributed by atoms with Crippen LogP contribution in [0, 0.1) is 0 Å². The van der Waals surface area contributed by atoms with E-state index >= 15 is 0 Å². The van der Waals surface area contributed by atoms with Crippen molar-refractivity contribution >= 4 is 23.9 Å². The topological polar surface area (TPSA) is 190 Å². The normalized spacial score (nSPS) is 12.0. The van der Waals surface area contributed by atoms with Gasteiger partial charge in [0.1, 0.15) is 12.6 Å². The summed E-state index contributed by atoms with van der Waals surface area (Å²) in [6.45, 7) is 0.465. The van der Waals surface area contributed by atoms with E-state index in [1.54, 1.807) is 0 Å². The van der Waals surface area contributed by atoms with E-state index in [4.69, 9.17) is 30.6 Å². The summed E-state index contributed by atoms with van der Waals surface area (Å²) < 4.78 is 0.578. The standard InChI is InChI=1S/C7H15NO3.C6H8O7.Zn/c1-8(2,3)5-6(9)4-7(10)11;7-3(8)1-6(13,5(11)12)2-4(9)10;/h6,9H,4-5H2,1-3H3;13H,1-2H2,(H,7,8)(H,9,10)(H,11,12);/q;;+2/p+1/t6-;;/m1../s1. The molecule has 25 heavy (non-hydrogen) atoms. The molecule has 0 rings (SSSR count). The average molecular weight is 420 g/mol. The van der Waals surface area contributed by atoms with Crippen molar-refractivity contribution in [3.63, 3.8) is 0 Å². The molecule has 0 aromatic carbocycles. The second kappa shape index (κ2) is 11.9. The van der Waals surface area contributed by atoms with Crippen LogP contribution in [0.4, 0.5) is 0 Å². The number of hydrogen-bond donors (Lipinski definition) is 6. The molecule has 12 heteroatoms. The molecule has 0 amide bonds. The van der Waals surface area contributed by atoms with Gasteiger partial charge in [-0.25, -0.2) is 4.79 Å². The molecule has 0 aliphatic carbocycles. The van der Waals surface area contributed by atoms with E-state index in [2.05, 4.69) is 0 Å². The van der Waals surface area contributed by atoms with Gasteiger partial charge in [-0.3, -0.25) is 14.4 Å². The number of likely N-dealkylation sites (N-methyl/N-ethyl adjacent to an activating group) is 1. The maximum absolute atomic E-state index is 10.3. The number of hydrogen-bond acceptors (Lipinski definition) is 6. The SMILES string of the molecule is C[N+](C)(C)C[C@H](O)CC(=O)O.O=C(O)CC(O)(CC(=O)O)C(=O)O.[Zn+2]. The van der Waals surface area contributed by atoms with Gasteiger partial charge in [-0.15, -0.1) is 0 Å². The van der Waals surface area contributed by atoms with Crippen molar-refractivity contribution in [1.29, 1.82) is 0 Å². The molecule has 140 valence electrons. The fourth-order valence-corrected chi connectivity index (χ4v) is 1.61. The van der Waals surface area contributed by atoms with Gasteiger partial charge < -0.3 is 35.1 Å². The molecule has 0 unspecified atom stereocenters. The molecule has 0 saturated carbocycles. The minimum atomic E-state index is -2.74. The van der Waals surface area contributed by atoms with Gasteiger partial charge >= 0.3 is 43.4 Å². The number of carbonyl (C=O) groups is 4. The molecule has 6 N–H and O–H groups in total. The number of aliphatic hydroxyl groups is 2. The molecule has 0 aliphatic rings. The van der Waals surface area contributed by atoms with E-state index in [9.17, 15) is 19.2 Å². The summed E-state index contributed by atoms with van der Waals surface area (Å²) in [7, 11) is 5.72. The Hall–Kier alpha value is -1.62. The molecule has 0 fully saturated rings. The van der Waals surface area contributed by atoms with Crippen LogP contribution in [-0.2, 0) is 38.7 Å². The monoisotopic (exact) mass is 418 g/mol. The molecule has 1 atom stereocenters. The zero-order valence-corrected chi connectivity index (χ0v) is 17.3. The summed E-state index contributed by atoms with van der Waals surface area (Å²) >= 11 is 0. The minimum absolute atomic E-state index is 0. The predicted molar refractivity (Wildman–Crippen MR) is 78.3 cm³/mol. The fraction of sp³-hybridized carbons (Fsp3) is 0.692. The molecule has 0 aliphatic heterocycles. The number of nitrogens with zero attached hydrogens (tertiary/aromatic N) is 1. The molecular formula is C13H24NO10Zn+3. The van der Waals surface area contributed by atoms with Gasteiger partial charge in [0, 0.05) is 0 Å². The average Bonchev–Trinajstić information content (AvgIpc) is 2.22. The van der Waals surface area contributed by atoms with E-state index in [0.717, 1.165) is 0 Å². The molecule has 11 nitrogen and oxygen atoms in total. The number of aliphatic hydroxyl groups excluding tert-OH is 1. The molecule has 0 bridgehead atoms. The van der Waals surface area contributed by atoms with Crippen molar-refractivity contribution in [1.82, 2.24) is 0 Å². The van der Waals surface area contributed by atoms with Crippen molar-refractivity contribution in [2.75, 3.05) is 27.7 Å². The van der Waals surface area contributed by atoms with E-state index < -0.39 is 48.4 Å². The first-order valence-electron chi connectivity index (χ1n) is 6.68. The first-order chi connectivity index (χ1) is 10.6. The summed E-state index contributed by atoms with van der Waals surface area (Å²) in [5.41, 5.74) is -2.74. The van der Waals surface area contributed by atoms with Gasteiger partial charge in [-0.05, 0) is 0 Å². The number of quaternary nitrogens is 1. The van der Waals surface area contributed by atoms with Crippen molar-refractivity contribution in [3.05, 3.63) is 0 Å². The number of carboxylic acid groups (broad SMARTS) is 4. The Morgan fingerprint density at radius 1 is 0.880 bits per heavy atom. The maximum atomic E-state index is 10.3. The van der Waals surface area contributed by atoms with Gasteiger partial charge in [-0.2, -0.15) is 0 Å². The smallest absolute Gasteiger partial charge is 0.481 e. The fourth-order valence-electron chi connectivity index (χ4n) is 1.61. The van der Waals surface area contributed by atoms with E-state index in [-0.39, 0.29) is 25.9 Å². The van der Waals surface area contributed by atoms with Crippen LogP contribution in [0.15, 0.2) is 0 Å². The van der Waals surface area contributed by atoms with Gasteiger partial charge in [0.2, 0.25) is 0 Å². The Labute approximate surface area is 156 Å². The largest absolute Gasteiger partial charge is 2.00 e. The van der Waals surface area contributed by atoms with Crippen LogP contribution in [0.2, 0.25) is 0 Å². The molecule has 0 heterocycles. The van der Waals surface area contributed by atoms with Crippen LogP contribution in [-0.4, -0.2) is 98.4 Å². The first-order valence-corrected chi connectivity index (χ1v) is 6.68. The van der Waals surface area contributed by atoms with Crippen LogP contribution in [0.25, 0.3) is 0 Å². The van der Waals surface area contributed by atoms with Crippen LogP contribution < -0.4 is 0 Å². The van der Waals surface area contributed by atoms with Gasteiger partial charge in [0.25, 0.3) is 0 Å². The third-order valence-corrected chi connectivity index (χ3v) is 2.45. The summed E-state index contributed by atoms with van der Waals surface area (Å²) in [6.07, 6.45) is -3.20. The van der Waals surface area contributed by atoms with Crippen LogP contribution >= 0.6 is 0 Å². The second-order valence-electron chi connectivity index (χ2n) is 6.20. The minimum Gasteiger partial charge on any atom is -0.481 e. The third kappa shape index (κ3) is 17.0. The number of aliphatic carboxylic acids is 4. The van der Waals surface area contributed by atoms with Gasteiger partial charge in [0.15, 0.2) is 5.60 Å². The van der Waals surface area contributed by atoms with Crippen LogP contribution in [0.3, 0.4) is 0 Å². The Bertz CT molecular complexity index is 458. The van der Waals surface area contributed by atoms with Gasteiger partial charge in [0.05, 0.1) is 40.4 Å². The summed E-state index contributed by atoms with van der Waals surface area (Å²) in [5.74, 6) is -5.97. The van der Waals surface area contributed by atoms with E-state index in [0.29, 0.717) is 11.0 Å². The van der Waals surface area contributed by atoms with Gasteiger partial charge in [-0.1, -0.05) is 0 Å².